The van der Waals surface area contributed by atoms with Gasteiger partial charge in [-0.3, -0.25) is 10.2 Å². The van der Waals surface area contributed by atoms with E-state index in [9.17, 15) is 4.79 Å². The number of nitrogens with one attached hydrogen (secondary N) is 1. The van der Waals surface area contributed by atoms with Crippen molar-refractivity contribution in [3.63, 3.8) is 0 Å². The van der Waals surface area contributed by atoms with E-state index in [1.807, 2.05) is 11.5 Å². The molecule has 0 aliphatic carbocycles. The minimum atomic E-state index is -0.409. The lowest BCUT2D eigenvalue weighted by Crippen LogP contribution is -2.33. The molecule has 1 heterocycles. The summed E-state index contributed by atoms with van der Waals surface area (Å²) in [5.74, 6) is 4.90. The highest BCUT2D eigenvalue weighted by atomic mass is 35.5. The largest absolute Gasteiger partial charge is 0.293 e. The molecule has 8 heteroatoms. The Morgan fingerprint density at radius 1 is 1.47 bits per heavy atom. The Bertz CT molecular complexity index is 540. The molecule has 1 aromatic heterocycles. The van der Waals surface area contributed by atoms with Gasteiger partial charge in [0.15, 0.2) is 0 Å². The van der Waals surface area contributed by atoms with E-state index in [1.165, 1.54) is 0 Å². The van der Waals surface area contributed by atoms with E-state index in [4.69, 9.17) is 17.4 Å². The molecule has 0 aliphatic rings. The lowest BCUT2D eigenvalue weighted by molar-refractivity contribution is -0.122. The number of hydrazine groups is 1. The summed E-state index contributed by atoms with van der Waals surface area (Å²) in [6, 6.07) is 7.11. The molecular formula is C9H9ClN6O. The number of benzene rings is 1. The summed E-state index contributed by atoms with van der Waals surface area (Å²) in [4.78, 5) is 12.1. The van der Waals surface area contributed by atoms with Crippen LogP contribution in [0, 0.1) is 0 Å². The molecule has 1 aromatic carbocycles. The van der Waals surface area contributed by atoms with Crippen molar-refractivity contribution in [2.75, 3.05) is 0 Å². The van der Waals surface area contributed by atoms with Crippen LogP contribution in [-0.4, -0.2) is 26.1 Å². The van der Waals surface area contributed by atoms with Crippen LogP contribution in [0.4, 0.5) is 0 Å². The van der Waals surface area contributed by atoms with Crippen molar-refractivity contribution in [2.45, 2.75) is 6.54 Å². The number of amides is 1. The molecule has 0 aliphatic heterocycles. The van der Waals surface area contributed by atoms with Gasteiger partial charge in [0, 0.05) is 5.56 Å². The summed E-state index contributed by atoms with van der Waals surface area (Å²) < 4.78 is 0. The molecule has 0 fully saturated rings. The third kappa shape index (κ3) is 2.58. The van der Waals surface area contributed by atoms with E-state index in [0.717, 1.165) is 4.80 Å². The van der Waals surface area contributed by atoms with Crippen LogP contribution in [0.3, 0.4) is 0 Å². The average Bonchev–Trinajstić information content (AvgIpc) is 2.78. The molecule has 1 amide bonds. The van der Waals surface area contributed by atoms with Crippen LogP contribution in [0.1, 0.15) is 0 Å². The maximum absolute atomic E-state index is 11.0. The first-order valence-electron chi connectivity index (χ1n) is 4.73. The average molecular weight is 253 g/mol. The van der Waals surface area contributed by atoms with Crippen molar-refractivity contribution in [3.8, 4) is 11.4 Å². The molecular weight excluding hydrogens is 244 g/mol. The second kappa shape index (κ2) is 4.89. The zero-order chi connectivity index (χ0) is 12.3. The predicted molar refractivity (Wildman–Crippen MR) is 60.6 cm³/mol. The van der Waals surface area contributed by atoms with Crippen LogP contribution in [0.15, 0.2) is 24.3 Å². The van der Waals surface area contributed by atoms with Gasteiger partial charge in [-0.05, 0) is 17.3 Å². The molecule has 0 bridgehead atoms. The Hall–Kier alpha value is -1.99. The Labute approximate surface area is 102 Å². The topological polar surface area (TPSA) is 98.7 Å². The van der Waals surface area contributed by atoms with Crippen molar-refractivity contribution < 1.29 is 4.79 Å². The van der Waals surface area contributed by atoms with Gasteiger partial charge in [0.25, 0.3) is 5.91 Å². The Morgan fingerprint density at radius 2 is 2.24 bits per heavy atom. The highest BCUT2D eigenvalue weighted by Crippen LogP contribution is 2.23. The Balaban J connectivity index is 2.24. The van der Waals surface area contributed by atoms with E-state index in [-0.39, 0.29) is 6.54 Å². The summed E-state index contributed by atoms with van der Waals surface area (Å²) >= 11 is 5.98. The Morgan fingerprint density at radius 3 is 2.94 bits per heavy atom. The van der Waals surface area contributed by atoms with Crippen LogP contribution >= 0.6 is 11.6 Å². The Kier molecular flexibility index (Phi) is 3.31. The molecule has 0 radical (unpaired) electrons. The lowest BCUT2D eigenvalue weighted by Gasteiger charge is -1.97. The number of aromatic nitrogens is 4. The quantitative estimate of drug-likeness (QED) is 0.455. The predicted octanol–water partition coefficient (Wildman–Crippen LogP) is -0.0166. The zero-order valence-electron chi connectivity index (χ0n) is 8.67. The molecule has 0 spiro atoms. The highest BCUT2D eigenvalue weighted by Gasteiger charge is 2.10. The fourth-order valence-electron chi connectivity index (χ4n) is 1.23. The SMILES string of the molecule is NNC(=O)Cn1nnc(-c2ccccc2Cl)n1. The zero-order valence-corrected chi connectivity index (χ0v) is 9.42. The molecule has 7 nitrogen and oxygen atoms in total. The molecule has 88 valence electrons. The number of rotatable bonds is 3. The number of nitrogens with two attached hydrogens (primary N) is 1. The van der Waals surface area contributed by atoms with Crippen molar-refractivity contribution in [1.82, 2.24) is 25.6 Å². The first-order valence-corrected chi connectivity index (χ1v) is 5.10. The van der Waals surface area contributed by atoms with E-state index in [0.29, 0.717) is 16.4 Å². The molecule has 0 saturated heterocycles. The van der Waals surface area contributed by atoms with Crippen molar-refractivity contribution in [2.24, 2.45) is 5.84 Å². The van der Waals surface area contributed by atoms with Gasteiger partial charge >= 0.3 is 0 Å². The van der Waals surface area contributed by atoms with Crippen molar-refractivity contribution in [1.29, 1.82) is 0 Å². The molecule has 2 rings (SSSR count). The van der Waals surface area contributed by atoms with Crippen LogP contribution in [-0.2, 0) is 11.3 Å². The van der Waals surface area contributed by atoms with Gasteiger partial charge in [-0.25, -0.2) is 5.84 Å². The number of tetrazole rings is 1. The molecule has 2 aromatic rings. The number of halogens is 1. The van der Waals surface area contributed by atoms with E-state index < -0.39 is 5.91 Å². The van der Waals surface area contributed by atoms with E-state index in [1.54, 1.807) is 18.2 Å². The van der Waals surface area contributed by atoms with Crippen LogP contribution in [0.2, 0.25) is 5.02 Å². The highest BCUT2D eigenvalue weighted by molar-refractivity contribution is 6.33. The number of hydrogen-bond acceptors (Lipinski definition) is 5. The second-order valence-corrected chi connectivity index (χ2v) is 3.60. The van der Waals surface area contributed by atoms with Gasteiger partial charge in [0.2, 0.25) is 5.82 Å². The first-order chi connectivity index (χ1) is 8.20. The number of carbonyl (C=O) groups is 1. The number of nitrogens with zero attached hydrogens (tertiary/aromatic N) is 4. The lowest BCUT2D eigenvalue weighted by atomic mass is 10.2. The first kappa shape index (κ1) is 11.5. The molecule has 17 heavy (non-hydrogen) atoms. The smallest absolute Gasteiger partial charge is 0.257 e. The normalized spacial score (nSPS) is 10.2. The van der Waals surface area contributed by atoms with Gasteiger partial charge in [-0.15, -0.1) is 10.2 Å². The molecule has 0 unspecified atom stereocenters. The second-order valence-electron chi connectivity index (χ2n) is 3.19. The fraction of sp³-hybridized carbons (Fsp3) is 0.111. The minimum absolute atomic E-state index is 0.0893. The molecule has 0 atom stereocenters. The third-order valence-electron chi connectivity index (χ3n) is 2.01. The summed E-state index contributed by atoms with van der Waals surface area (Å²) in [6.45, 7) is -0.0893. The van der Waals surface area contributed by atoms with Gasteiger partial charge < -0.3 is 0 Å². The monoisotopic (exact) mass is 252 g/mol. The van der Waals surface area contributed by atoms with E-state index >= 15 is 0 Å². The molecule has 0 saturated carbocycles. The summed E-state index contributed by atoms with van der Waals surface area (Å²) in [5.41, 5.74) is 2.64. The minimum Gasteiger partial charge on any atom is -0.293 e. The molecule has 3 N–H and O–H groups in total. The van der Waals surface area contributed by atoms with Crippen LogP contribution < -0.4 is 11.3 Å². The van der Waals surface area contributed by atoms with Crippen LogP contribution in [0.5, 0.6) is 0 Å². The summed E-state index contributed by atoms with van der Waals surface area (Å²) in [7, 11) is 0. The summed E-state index contributed by atoms with van der Waals surface area (Å²) in [5, 5.41) is 12.1. The van der Waals surface area contributed by atoms with Gasteiger partial charge in [0.1, 0.15) is 6.54 Å². The van der Waals surface area contributed by atoms with E-state index in [2.05, 4.69) is 15.4 Å². The standard InChI is InChI=1S/C9H9ClN6O/c10-7-4-2-1-3-6(7)9-13-15-16(14-9)5-8(17)12-11/h1-4H,5,11H2,(H,12,17). The van der Waals surface area contributed by atoms with Gasteiger partial charge in [-0.2, -0.15) is 4.80 Å². The van der Waals surface area contributed by atoms with Gasteiger partial charge in [0.05, 0.1) is 5.02 Å². The van der Waals surface area contributed by atoms with Crippen molar-refractivity contribution in [3.05, 3.63) is 29.3 Å². The third-order valence-corrected chi connectivity index (χ3v) is 2.34. The number of carbonyl (C=O) groups excluding carboxylic acids is 1. The summed E-state index contributed by atoms with van der Waals surface area (Å²) in [6.07, 6.45) is 0. The van der Waals surface area contributed by atoms with Crippen molar-refractivity contribution >= 4 is 17.5 Å². The maximum atomic E-state index is 11.0. The van der Waals surface area contributed by atoms with Gasteiger partial charge in [-0.1, -0.05) is 23.7 Å². The maximum Gasteiger partial charge on any atom is 0.257 e. The number of hydrogen-bond donors (Lipinski definition) is 2. The fourth-order valence-corrected chi connectivity index (χ4v) is 1.45. The van der Waals surface area contributed by atoms with Crippen LogP contribution in [0.25, 0.3) is 11.4 Å².